The lowest BCUT2D eigenvalue weighted by Crippen LogP contribution is -2.51. The molecule has 0 bridgehead atoms. The number of hydrogen-bond donors (Lipinski definition) is 3. The molecular weight excluding hydrogens is 210 g/mol. The minimum Gasteiger partial charge on any atom is -0.481 e. The van der Waals surface area contributed by atoms with E-state index >= 15 is 0 Å². The summed E-state index contributed by atoms with van der Waals surface area (Å²) in [6.07, 6.45) is 0.243. The van der Waals surface area contributed by atoms with Crippen molar-refractivity contribution in [1.29, 1.82) is 0 Å². The number of aliphatic hydroxyl groups excluding tert-OH is 1. The topological polar surface area (TPSA) is 76.0 Å². The SMILES string of the molecule is O=C(O)CCCN1CC2CNCCN2C1O. The van der Waals surface area contributed by atoms with Gasteiger partial charge in [-0.15, -0.1) is 0 Å². The molecule has 2 rings (SSSR count). The Kier molecular flexibility index (Phi) is 3.75. The van der Waals surface area contributed by atoms with Crippen molar-refractivity contribution in [2.24, 2.45) is 0 Å². The van der Waals surface area contributed by atoms with Crippen molar-refractivity contribution in [2.75, 3.05) is 32.7 Å². The molecular formula is C10H19N3O3. The van der Waals surface area contributed by atoms with Crippen LogP contribution in [-0.2, 0) is 4.79 Å². The van der Waals surface area contributed by atoms with Crippen molar-refractivity contribution in [2.45, 2.75) is 25.2 Å². The summed E-state index contributed by atoms with van der Waals surface area (Å²) in [5, 5.41) is 21.9. The second-order valence-electron chi connectivity index (χ2n) is 4.43. The number of nitrogens with one attached hydrogen (secondary N) is 1. The molecule has 6 heteroatoms. The van der Waals surface area contributed by atoms with Crippen molar-refractivity contribution in [3.63, 3.8) is 0 Å². The molecule has 0 aromatic heterocycles. The summed E-state index contributed by atoms with van der Waals surface area (Å²) in [4.78, 5) is 14.4. The van der Waals surface area contributed by atoms with Crippen LogP contribution in [0.25, 0.3) is 0 Å². The Morgan fingerprint density at radius 3 is 3.00 bits per heavy atom. The molecule has 2 aliphatic rings. The van der Waals surface area contributed by atoms with Crippen molar-refractivity contribution < 1.29 is 15.0 Å². The number of carboxylic acid groups (broad SMARTS) is 1. The Morgan fingerprint density at radius 1 is 1.50 bits per heavy atom. The molecule has 92 valence electrons. The number of rotatable bonds is 4. The van der Waals surface area contributed by atoms with Gasteiger partial charge >= 0.3 is 5.97 Å². The molecule has 0 spiro atoms. The van der Waals surface area contributed by atoms with E-state index in [0.717, 1.165) is 26.2 Å². The molecule has 0 aliphatic carbocycles. The van der Waals surface area contributed by atoms with Crippen LogP contribution in [0.4, 0.5) is 0 Å². The van der Waals surface area contributed by atoms with E-state index in [4.69, 9.17) is 5.11 Å². The molecule has 0 saturated carbocycles. The van der Waals surface area contributed by atoms with E-state index in [-0.39, 0.29) is 6.42 Å². The van der Waals surface area contributed by atoms with Gasteiger partial charge < -0.3 is 15.5 Å². The van der Waals surface area contributed by atoms with Gasteiger partial charge in [0.1, 0.15) is 0 Å². The highest BCUT2D eigenvalue weighted by Gasteiger charge is 2.38. The minimum absolute atomic E-state index is 0.173. The Bertz CT molecular complexity index is 262. The smallest absolute Gasteiger partial charge is 0.303 e. The van der Waals surface area contributed by atoms with E-state index in [1.807, 2.05) is 4.90 Å². The summed E-state index contributed by atoms with van der Waals surface area (Å²) < 4.78 is 0. The molecule has 0 aromatic rings. The van der Waals surface area contributed by atoms with Gasteiger partial charge in [0.2, 0.25) is 0 Å². The molecule has 2 unspecified atom stereocenters. The summed E-state index contributed by atoms with van der Waals surface area (Å²) in [5.41, 5.74) is 0. The molecule has 2 heterocycles. The first-order chi connectivity index (χ1) is 7.68. The van der Waals surface area contributed by atoms with Crippen molar-refractivity contribution in [3.8, 4) is 0 Å². The predicted molar refractivity (Wildman–Crippen MR) is 57.8 cm³/mol. The fourth-order valence-electron chi connectivity index (χ4n) is 2.46. The zero-order valence-corrected chi connectivity index (χ0v) is 9.30. The van der Waals surface area contributed by atoms with Crippen LogP contribution in [0.3, 0.4) is 0 Å². The van der Waals surface area contributed by atoms with Crippen LogP contribution in [0.5, 0.6) is 0 Å². The molecule has 3 N–H and O–H groups in total. The fraction of sp³-hybridized carbons (Fsp3) is 0.900. The zero-order valence-electron chi connectivity index (χ0n) is 9.30. The van der Waals surface area contributed by atoms with Crippen molar-refractivity contribution in [1.82, 2.24) is 15.1 Å². The van der Waals surface area contributed by atoms with Gasteiger partial charge in [-0.25, -0.2) is 0 Å². The molecule has 2 saturated heterocycles. The number of aliphatic hydroxyl groups is 1. The molecule has 2 aliphatic heterocycles. The van der Waals surface area contributed by atoms with Crippen LogP contribution in [-0.4, -0.2) is 71.1 Å². The van der Waals surface area contributed by atoms with E-state index < -0.39 is 12.3 Å². The monoisotopic (exact) mass is 229 g/mol. The van der Waals surface area contributed by atoms with E-state index in [1.165, 1.54) is 0 Å². The van der Waals surface area contributed by atoms with E-state index in [0.29, 0.717) is 19.0 Å². The predicted octanol–water partition coefficient (Wildman–Crippen LogP) is -1.28. The fourth-order valence-corrected chi connectivity index (χ4v) is 2.46. The zero-order chi connectivity index (χ0) is 11.5. The van der Waals surface area contributed by atoms with E-state index in [1.54, 1.807) is 0 Å². The van der Waals surface area contributed by atoms with Crippen LogP contribution in [0.1, 0.15) is 12.8 Å². The number of hydrogen-bond acceptors (Lipinski definition) is 5. The van der Waals surface area contributed by atoms with Gasteiger partial charge in [-0.1, -0.05) is 0 Å². The number of carbonyl (C=O) groups is 1. The highest BCUT2D eigenvalue weighted by molar-refractivity contribution is 5.66. The second-order valence-corrected chi connectivity index (χ2v) is 4.43. The standard InChI is InChI=1S/C10H19N3O3/c14-9(15)2-1-4-12-7-8-6-11-3-5-13(8)10(12)16/h8,10-11,16H,1-7H2,(H,14,15). The number of fused-ring (bicyclic) bond motifs is 1. The van der Waals surface area contributed by atoms with Crippen LogP contribution >= 0.6 is 0 Å². The maximum atomic E-state index is 10.4. The molecule has 0 amide bonds. The number of nitrogens with zero attached hydrogens (tertiary/aromatic N) is 2. The first kappa shape index (κ1) is 11.8. The Balaban J connectivity index is 1.80. The molecule has 16 heavy (non-hydrogen) atoms. The average molecular weight is 229 g/mol. The van der Waals surface area contributed by atoms with Crippen LogP contribution in [0.15, 0.2) is 0 Å². The lowest BCUT2D eigenvalue weighted by Gasteiger charge is -2.31. The normalized spacial score (nSPS) is 31.6. The lowest BCUT2D eigenvalue weighted by atomic mass is 10.2. The summed E-state index contributed by atoms with van der Waals surface area (Å²) in [7, 11) is 0. The second kappa shape index (κ2) is 5.09. The third-order valence-electron chi connectivity index (χ3n) is 3.30. The summed E-state index contributed by atoms with van der Waals surface area (Å²) in [5.74, 6) is -0.770. The van der Waals surface area contributed by atoms with Gasteiger partial charge in [0, 0.05) is 45.2 Å². The molecule has 0 aromatic carbocycles. The highest BCUT2D eigenvalue weighted by atomic mass is 16.4. The molecule has 2 fully saturated rings. The van der Waals surface area contributed by atoms with Gasteiger partial charge in [0.05, 0.1) is 0 Å². The van der Waals surface area contributed by atoms with Crippen molar-refractivity contribution in [3.05, 3.63) is 0 Å². The average Bonchev–Trinajstić information content (AvgIpc) is 2.56. The van der Waals surface area contributed by atoms with E-state index in [2.05, 4.69) is 10.2 Å². The van der Waals surface area contributed by atoms with Gasteiger partial charge in [0.25, 0.3) is 0 Å². The van der Waals surface area contributed by atoms with Gasteiger partial charge in [-0.3, -0.25) is 14.6 Å². The summed E-state index contributed by atoms with van der Waals surface area (Å²) >= 11 is 0. The first-order valence-electron chi connectivity index (χ1n) is 5.79. The highest BCUT2D eigenvalue weighted by Crippen LogP contribution is 2.20. The molecule has 0 radical (unpaired) electrons. The largest absolute Gasteiger partial charge is 0.481 e. The Morgan fingerprint density at radius 2 is 2.31 bits per heavy atom. The Hall–Kier alpha value is -0.690. The number of carboxylic acids is 1. The van der Waals surface area contributed by atoms with Crippen LogP contribution < -0.4 is 5.32 Å². The quantitative estimate of drug-likeness (QED) is 0.557. The lowest BCUT2D eigenvalue weighted by molar-refractivity contribution is -0.137. The minimum atomic E-state index is -0.770. The van der Waals surface area contributed by atoms with Gasteiger partial charge in [-0.2, -0.15) is 0 Å². The van der Waals surface area contributed by atoms with Crippen LogP contribution in [0.2, 0.25) is 0 Å². The first-order valence-corrected chi connectivity index (χ1v) is 5.79. The summed E-state index contributed by atoms with van der Waals surface area (Å²) in [6.45, 7) is 4.17. The van der Waals surface area contributed by atoms with E-state index in [9.17, 15) is 9.90 Å². The molecule has 2 atom stereocenters. The van der Waals surface area contributed by atoms with Gasteiger partial charge in [0.15, 0.2) is 6.35 Å². The summed E-state index contributed by atoms with van der Waals surface area (Å²) in [6, 6.07) is 0.369. The number of piperazine rings is 1. The Labute approximate surface area is 94.8 Å². The maximum absolute atomic E-state index is 10.4. The maximum Gasteiger partial charge on any atom is 0.303 e. The molecule has 6 nitrogen and oxygen atoms in total. The third kappa shape index (κ3) is 2.52. The van der Waals surface area contributed by atoms with Crippen LogP contribution in [0, 0.1) is 0 Å². The van der Waals surface area contributed by atoms with Gasteiger partial charge in [-0.05, 0) is 6.42 Å². The van der Waals surface area contributed by atoms with Crippen molar-refractivity contribution >= 4 is 5.97 Å². The third-order valence-corrected chi connectivity index (χ3v) is 3.30. The number of aliphatic carboxylic acids is 1.